The molecule has 2 rings (SSSR count). The topological polar surface area (TPSA) is 44.9 Å². The zero-order valence-electron chi connectivity index (χ0n) is 8.80. The smallest absolute Gasteiger partial charge is 0.304 e. The zero-order chi connectivity index (χ0) is 12.3. The molecule has 0 atom stereocenters. The van der Waals surface area contributed by atoms with Crippen molar-refractivity contribution in [3.63, 3.8) is 0 Å². The molecular weight excluding hydrogens is 324 g/mol. The summed E-state index contributed by atoms with van der Waals surface area (Å²) in [6, 6.07) is 5.69. The van der Waals surface area contributed by atoms with Crippen molar-refractivity contribution in [3.8, 4) is 0 Å². The summed E-state index contributed by atoms with van der Waals surface area (Å²) < 4.78 is 0.983. The van der Waals surface area contributed by atoms with E-state index in [0.717, 1.165) is 22.3 Å². The van der Waals surface area contributed by atoms with E-state index in [1.807, 2.05) is 23.6 Å². The van der Waals surface area contributed by atoms with Crippen molar-refractivity contribution in [1.29, 1.82) is 0 Å². The third-order valence-electron chi connectivity index (χ3n) is 2.22. The number of benzene rings is 1. The molecule has 0 aliphatic heterocycles. The van der Waals surface area contributed by atoms with E-state index in [4.69, 9.17) is 11.6 Å². The molecule has 0 bridgehead atoms. The average molecular weight is 334 g/mol. The summed E-state index contributed by atoms with van der Waals surface area (Å²) in [4.78, 5) is 13.7. The van der Waals surface area contributed by atoms with Gasteiger partial charge >= 0.3 is 4.87 Å². The maximum absolute atomic E-state index is 10.9. The van der Waals surface area contributed by atoms with Crippen LogP contribution in [0.4, 0.5) is 0 Å². The lowest BCUT2D eigenvalue weighted by molar-refractivity contribution is 0.680. The Bertz CT molecular complexity index is 567. The van der Waals surface area contributed by atoms with Gasteiger partial charge in [0.05, 0.1) is 0 Å². The van der Waals surface area contributed by atoms with Gasteiger partial charge in [0, 0.05) is 33.7 Å². The lowest BCUT2D eigenvalue weighted by Crippen LogP contribution is -2.14. The van der Waals surface area contributed by atoms with E-state index in [1.54, 1.807) is 0 Å². The first-order chi connectivity index (χ1) is 8.15. The predicted molar refractivity (Wildman–Crippen MR) is 74.6 cm³/mol. The summed E-state index contributed by atoms with van der Waals surface area (Å²) in [5.41, 5.74) is 2.04. The van der Waals surface area contributed by atoms with Crippen LogP contribution in [-0.4, -0.2) is 4.98 Å². The summed E-state index contributed by atoms with van der Waals surface area (Å²) in [6.45, 7) is 1.36. The molecule has 1 heterocycles. The van der Waals surface area contributed by atoms with Gasteiger partial charge in [-0.25, -0.2) is 0 Å². The lowest BCUT2D eigenvalue weighted by Gasteiger charge is -2.06. The highest BCUT2D eigenvalue weighted by atomic mass is 79.9. The maximum atomic E-state index is 10.9. The molecule has 1 aromatic carbocycles. The molecule has 0 saturated carbocycles. The van der Waals surface area contributed by atoms with Gasteiger partial charge in [-0.3, -0.25) is 4.79 Å². The second-order valence-corrected chi connectivity index (χ2v) is 5.65. The molecule has 0 saturated heterocycles. The van der Waals surface area contributed by atoms with Crippen molar-refractivity contribution in [2.45, 2.75) is 13.1 Å². The molecule has 0 spiro atoms. The molecule has 0 radical (unpaired) electrons. The fourth-order valence-electron chi connectivity index (χ4n) is 1.40. The maximum Gasteiger partial charge on any atom is 0.304 e. The summed E-state index contributed by atoms with van der Waals surface area (Å²) in [5.74, 6) is 0. The van der Waals surface area contributed by atoms with Gasteiger partial charge in [-0.15, -0.1) is 0 Å². The summed E-state index contributed by atoms with van der Waals surface area (Å²) >= 11 is 10.5. The largest absolute Gasteiger partial charge is 0.315 e. The molecule has 3 nitrogen and oxygen atoms in total. The van der Waals surface area contributed by atoms with E-state index in [2.05, 4.69) is 26.2 Å². The minimum Gasteiger partial charge on any atom is -0.315 e. The number of aromatic nitrogens is 1. The highest BCUT2D eigenvalue weighted by molar-refractivity contribution is 9.10. The monoisotopic (exact) mass is 332 g/mol. The SMILES string of the molecule is O=c1[nH]c(CNCc2ccc(Cl)cc2Br)cs1. The standard InChI is InChI=1S/C11H10BrClN2OS/c12-10-3-8(13)2-1-7(10)4-14-5-9-6-17-11(16)15-9/h1-3,6,14H,4-5H2,(H,15,16). The van der Waals surface area contributed by atoms with Gasteiger partial charge < -0.3 is 10.3 Å². The number of hydrogen-bond acceptors (Lipinski definition) is 3. The molecule has 0 amide bonds. The molecule has 0 aliphatic carbocycles. The van der Waals surface area contributed by atoms with Crippen molar-refractivity contribution in [1.82, 2.24) is 10.3 Å². The number of aromatic amines is 1. The highest BCUT2D eigenvalue weighted by Gasteiger charge is 2.01. The van der Waals surface area contributed by atoms with Crippen LogP contribution < -0.4 is 10.2 Å². The molecule has 2 aromatic rings. The van der Waals surface area contributed by atoms with Crippen LogP contribution in [0.25, 0.3) is 0 Å². The zero-order valence-corrected chi connectivity index (χ0v) is 12.0. The first-order valence-electron chi connectivity index (χ1n) is 4.96. The van der Waals surface area contributed by atoms with Crippen molar-refractivity contribution < 1.29 is 0 Å². The fraction of sp³-hybridized carbons (Fsp3) is 0.182. The van der Waals surface area contributed by atoms with Gasteiger partial charge in [0.25, 0.3) is 0 Å². The van der Waals surface area contributed by atoms with Gasteiger partial charge in [0.1, 0.15) is 0 Å². The van der Waals surface area contributed by atoms with Crippen LogP contribution in [-0.2, 0) is 13.1 Å². The number of hydrogen-bond donors (Lipinski definition) is 2. The van der Waals surface area contributed by atoms with E-state index in [-0.39, 0.29) is 4.87 Å². The molecular formula is C11H10BrClN2OS. The van der Waals surface area contributed by atoms with Crippen LogP contribution >= 0.6 is 38.9 Å². The average Bonchev–Trinajstić information content (AvgIpc) is 2.68. The molecule has 0 aliphatic rings. The van der Waals surface area contributed by atoms with Crippen molar-refractivity contribution in [2.24, 2.45) is 0 Å². The van der Waals surface area contributed by atoms with Crippen molar-refractivity contribution in [3.05, 3.63) is 54.0 Å². The Kier molecular flexibility index (Phi) is 4.39. The Hall–Kier alpha value is -0.620. The molecule has 0 fully saturated rings. The first kappa shape index (κ1) is 12.8. The minimum absolute atomic E-state index is 0.0190. The Morgan fingerprint density at radius 1 is 1.41 bits per heavy atom. The van der Waals surface area contributed by atoms with Crippen LogP contribution in [0, 0.1) is 0 Å². The van der Waals surface area contributed by atoms with Gasteiger partial charge in [0.15, 0.2) is 0 Å². The van der Waals surface area contributed by atoms with Crippen LogP contribution in [0.1, 0.15) is 11.3 Å². The van der Waals surface area contributed by atoms with Crippen LogP contribution in [0.15, 0.2) is 32.8 Å². The summed E-state index contributed by atoms with van der Waals surface area (Å²) in [5, 5.41) is 5.79. The number of rotatable bonds is 4. The van der Waals surface area contributed by atoms with Crippen molar-refractivity contribution in [2.75, 3.05) is 0 Å². The number of H-pyrrole nitrogens is 1. The second kappa shape index (κ2) is 5.82. The molecule has 17 heavy (non-hydrogen) atoms. The Morgan fingerprint density at radius 3 is 2.88 bits per heavy atom. The van der Waals surface area contributed by atoms with Gasteiger partial charge in [-0.05, 0) is 17.7 Å². The minimum atomic E-state index is -0.0190. The molecule has 0 unspecified atom stereocenters. The van der Waals surface area contributed by atoms with E-state index >= 15 is 0 Å². The van der Waals surface area contributed by atoms with Crippen LogP contribution in [0.2, 0.25) is 5.02 Å². The molecule has 90 valence electrons. The normalized spacial score (nSPS) is 10.7. The molecule has 2 N–H and O–H groups in total. The quantitative estimate of drug-likeness (QED) is 0.903. The van der Waals surface area contributed by atoms with E-state index in [1.165, 1.54) is 11.3 Å². The van der Waals surface area contributed by atoms with Crippen LogP contribution in [0.5, 0.6) is 0 Å². The van der Waals surface area contributed by atoms with Gasteiger partial charge in [0.2, 0.25) is 0 Å². The summed E-state index contributed by atoms with van der Waals surface area (Å²) in [7, 11) is 0. The van der Waals surface area contributed by atoms with Gasteiger partial charge in [-0.1, -0.05) is 44.9 Å². The Morgan fingerprint density at radius 2 is 2.24 bits per heavy atom. The van der Waals surface area contributed by atoms with E-state index in [9.17, 15) is 4.79 Å². The fourth-order valence-corrected chi connectivity index (χ4v) is 2.80. The predicted octanol–water partition coefficient (Wildman–Crippen LogP) is 3.14. The van der Waals surface area contributed by atoms with E-state index in [0.29, 0.717) is 11.6 Å². The lowest BCUT2D eigenvalue weighted by atomic mass is 10.2. The van der Waals surface area contributed by atoms with Gasteiger partial charge in [-0.2, -0.15) is 0 Å². The van der Waals surface area contributed by atoms with Crippen molar-refractivity contribution >= 4 is 38.9 Å². The molecule has 1 aromatic heterocycles. The summed E-state index contributed by atoms with van der Waals surface area (Å²) in [6.07, 6.45) is 0. The first-order valence-corrected chi connectivity index (χ1v) is 7.01. The third-order valence-corrected chi connectivity index (χ3v) is 3.91. The highest BCUT2D eigenvalue weighted by Crippen LogP contribution is 2.21. The molecule has 6 heteroatoms. The van der Waals surface area contributed by atoms with Crippen LogP contribution in [0.3, 0.4) is 0 Å². The third kappa shape index (κ3) is 3.67. The second-order valence-electron chi connectivity index (χ2n) is 3.51. The number of nitrogens with one attached hydrogen (secondary N) is 2. The van der Waals surface area contributed by atoms with E-state index < -0.39 is 0 Å². The Balaban J connectivity index is 1.92. The Labute approximate surface area is 116 Å². The number of thiazole rings is 1. The number of halogens is 2.